The second kappa shape index (κ2) is 8.82. The molecule has 0 rings (SSSR count). The molecular formula is C3H8CrO. The molecule has 0 aliphatic rings. The molecule has 0 atom stereocenters. The minimum Gasteiger partial charge on any atom is -0.396 e. The van der Waals surface area contributed by atoms with Gasteiger partial charge in [-0.1, -0.05) is 6.92 Å². The van der Waals surface area contributed by atoms with Crippen molar-refractivity contribution < 1.29 is 22.5 Å². The summed E-state index contributed by atoms with van der Waals surface area (Å²) in [5.74, 6) is 0. The van der Waals surface area contributed by atoms with Gasteiger partial charge in [-0.15, -0.1) is 0 Å². The monoisotopic (exact) mass is 112 g/mol. The fourth-order valence-corrected chi connectivity index (χ4v) is 0. The van der Waals surface area contributed by atoms with Gasteiger partial charge in [0.05, 0.1) is 0 Å². The van der Waals surface area contributed by atoms with Crippen LogP contribution in [0.15, 0.2) is 0 Å². The molecule has 1 nitrogen and oxygen atoms in total. The minimum atomic E-state index is 0. The van der Waals surface area contributed by atoms with E-state index in [0.717, 1.165) is 6.42 Å². The van der Waals surface area contributed by atoms with Gasteiger partial charge in [0.15, 0.2) is 0 Å². The van der Waals surface area contributed by atoms with Gasteiger partial charge >= 0.3 is 0 Å². The molecule has 5 heavy (non-hydrogen) atoms. The first-order valence-corrected chi connectivity index (χ1v) is 1.52. The Bertz CT molecular complexity index is 8.85. The Balaban J connectivity index is 0. The number of aliphatic hydroxyl groups excluding tert-OH is 1. The van der Waals surface area contributed by atoms with Crippen molar-refractivity contribution in [2.45, 2.75) is 13.3 Å². The molecule has 0 aromatic rings. The fraction of sp³-hybridized carbons (Fsp3) is 1.00. The van der Waals surface area contributed by atoms with Crippen LogP contribution in [0, 0.1) is 0 Å². The third kappa shape index (κ3) is 12.5. The van der Waals surface area contributed by atoms with E-state index in [0.29, 0.717) is 6.61 Å². The van der Waals surface area contributed by atoms with E-state index < -0.39 is 0 Å². The molecule has 2 heteroatoms. The molecule has 1 N–H and O–H groups in total. The first-order chi connectivity index (χ1) is 1.91. The smallest absolute Gasteiger partial charge is 0.0428 e. The summed E-state index contributed by atoms with van der Waals surface area (Å²) in [7, 11) is 0. The zero-order valence-corrected chi connectivity index (χ0v) is 4.54. The van der Waals surface area contributed by atoms with Crippen LogP contribution in [0.4, 0.5) is 0 Å². The molecule has 0 spiro atoms. The Labute approximate surface area is 43.1 Å². The molecule has 0 saturated heterocycles. The summed E-state index contributed by atoms with van der Waals surface area (Å²) in [4.78, 5) is 0. The molecule has 0 aliphatic carbocycles. The molecule has 0 fully saturated rings. The maximum absolute atomic E-state index is 7.88. The number of hydrogen-bond acceptors (Lipinski definition) is 1. The Kier molecular flexibility index (Phi) is 16.0. The Morgan fingerprint density at radius 1 is 1.60 bits per heavy atom. The largest absolute Gasteiger partial charge is 0.396 e. The second-order valence-electron chi connectivity index (χ2n) is 0.724. The molecule has 0 amide bonds. The van der Waals surface area contributed by atoms with Crippen molar-refractivity contribution in [1.29, 1.82) is 0 Å². The predicted octanol–water partition coefficient (Wildman–Crippen LogP) is 0.386. The van der Waals surface area contributed by atoms with Gasteiger partial charge in [0, 0.05) is 24.0 Å². The van der Waals surface area contributed by atoms with E-state index in [1.165, 1.54) is 0 Å². The standard InChI is InChI=1S/C3H8O.Cr/c1-2-3-4;/h4H,2-3H2,1H3;. The van der Waals surface area contributed by atoms with E-state index in [1.807, 2.05) is 6.92 Å². The first-order valence-electron chi connectivity index (χ1n) is 1.52. The molecule has 0 aliphatic heterocycles. The molecule has 0 heterocycles. The SMILES string of the molecule is CCCO.[Cr]. The van der Waals surface area contributed by atoms with E-state index in [-0.39, 0.29) is 17.4 Å². The van der Waals surface area contributed by atoms with Gasteiger partial charge in [-0.2, -0.15) is 0 Å². The van der Waals surface area contributed by atoms with Crippen molar-refractivity contribution in [2.24, 2.45) is 0 Å². The number of aliphatic hydroxyl groups is 1. The third-order valence-corrected chi connectivity index (χ3v) is 0.224. The van der Waals surface area contributed by atoms with E-state index in [2.05, 4.69) is 0 Å². The van der Waals surface area contributed by atoms with Crippen LogP contribution >= 0.6 is 0 Å². The second-order valence-corrected chi connectivity index (χ2v) is 0.724. The maximum Gasteiger partial charge on any atom is 0.0428 e. The molecule has 32 valence electrons. The zero-order chi connectivity index (χ0) is 3.41. The van der Waals surface area contributed by atoms with Crippen LogP contribution in [0.3, 0.4) is 0 Å². The summed E-state index contributed by atoms with van der Waals surface area (Å²) in [5, 5.41) is 7.88. The number of hydrogen-bond donors (Lipinski definition) is 1. The fourth-order valence-electron chi connectivity index (χ4n) is 0. The average Bonchev–Trinajstić information content (AvgIpc) is 1.37. The van der Waals surface area contributed by atoms with Crippen molar-refractivity contribution >= 4 is 0 Å². The van der Waals surface area contributed by atoms with Gasteiger partial charge in [0.2, 0.25) is 0 Å². The van der Waals surface area contributed by atoms with Gasteiger partial charge in [0.1, 0.15) is 0 Å². The summed E-state index contributed by atoms with van der Waals surface area (Å²) in [6.07, 6.45) is 0.875. The van der Waals surface area contributed by atoms with E-state index >= 15 is 0 Å². The summed E-state index contributed by atoms with van der Waals surface area (Å²) >= 11 is 0. The van der Waals surface area contributed by atoms with Crippen LogP contribution in [0.25, 0.3) is 0 Å². The van der Waals surface area contributed by atoms with E-state index in [1.54, 1.807) is 0 Å². The molecule has 0 aromatic heterocycles. The summed E-state index contributed by atoms with van der Waals surface area (Å²) < 4.78 is 0. The summed E-state index contributed by atoms with van der Waals surface area (Å²) in [5.41, 5.74) is 0. The molecule has 0 aromatic carbocycles. The average molecular weight is 112 g/mol. The van der Waals surface area contributed by atoms with Crippen LogP contribution in [0.2, 0.25) is 0 Å². The Morgan fingerprint density at radius 3 is 1.80 bits per heavy atom. The Hall–Kier alpha value is 0.492. The predicted molar refractivity (Wildman–Crippen MR) is 17.4 cm³/mol. The third-order valence-electron chi connectivity index (χ3n) is 0.224. The van der Waals surface area contributed by atoms with Crippen molar-refractivity contribution in [3.63, 3.8) is 0 Å². The number of rotatable bonds is 1. The van der Waals surface area contributed by atoms with Gasteiger partial charge in [0.25, 0.3) is 0 Å². The van der Waals surface area contributed by atoms with Crippen LogP contribution in [-0.4, -0.2) is 11.7 Å². The first kappa shape index (κ1) is 9.09. The molecule has 0 unspecified atom stereocenters. The minimum absolute atomic E-state index is 0. The summed E-state index contributed by atoms with van der Waals surface area (Å²) in [6, 6.07) is 0. The topological polar surface area (TPSA) is 20.2 Å². The van der Waals surface area contributed by atoms with Gasteiger partial charge in [-0.3, -0.25) is 0 Å². The van der Waals surface area contributed by atoms with Gasteiger partial charge < -0.3 is 5.11 Å². The van der Waals surface area contributed by atoms with Crippen LogP contribution in [0.5, 0.6) is 0 Å². The molecular weight excluding hydrogens is 104 g/mol. The zero-order valence-electron chi connectivity index (χ0n) is 3.27. The molecule has 0 saturated carbocycles. The van der Waals surface area contributed by atoms with Gasteiger partial charge in [-0.25, -0.2) is 0 Å². The molecule has 0 radical (unpaired) electrons. The van der Waals surface area contributed by atoms with Crippen molar-refractivity contribution in [1.82, 2.24) is 0 Å². The van der Waals surface area contributed by atoms with Gasteiger partial charge in [-0.05, 0) is 6.42 Å². The van der Waals surface area contributed by atoms with Crippen molar-refractivity contribution in [2.75, 3.05) is 6.61 Å². The maximum atomic E-state index is 7.88. The quantitative estimate of drug-likeness (QED) is 0.520. The summed E-state index contributed by atoms with van der Waals surface area (Å²) in [6.45, 7) is 2.25. The normalized spacial score (nSPS) is 6.00. The van der Waals surface area contributed by atoms with E-state index in [4.69, 9.17) is 5.11 Å². The van der Waals surface area contributed by atoms with Crippen molar-refractivity contribution in [3.05, 3.63) is 0 Å². The Morgan fingerprint density at radius 2 is 1.80 bits per heavy atom. The molecule has 0 bridgehead atoms. The van der Waals surface area contributed by atoms with Crippen LogP contribution < -0.4 is 0 Å². The van der Waals surface area contributed by atoms with Crippen LogP contribution in [-0.2, 0) is 17.4 Å². The van der Waals surface area contributed by atoms with Crippen LogP contribution in [0.1, 0.15) is 13.3 Å². The van der Waals surface area contributed by atoms with Crippen molar-refractivity contribution in [3.8, 4) is 0 Å². The van der Waals surface area contributed by atoms with E-state index in [9.17, 15) is 0 Å².